The Hall–Kier alpha value is -2.16. The molecule has 0 bridgehead atoms. The van der Waals surface area contributed by atoms with Crippen LogP contribution in [0.4, 0.5) is 14.5 Å². The Balaban J connectivity index is 1.94. The van der Waals surface area contributed by atoms with Crippen molar-refractivity contribution in [1.29, 1.82) is 5.26 Å². The van der Waals surface area contributed by atoms with E-state index >= 15 is 0 Å². The quantitative estimate of drug-likeness (QED) is 0.907. The van der Waals surface area contributed by atoms with Crippen molar-refractivity contribution in [3.63, 3.8) is 0 Å². The minimum Gasteiger partial charge on any atom is -0.380 e. The van der Waals surface area contributed by atoms with E-state index in [1.807, 2.05) is 6.92 Å². The van der Waals surface area contributed by atoms with Gasteiger partial charge in [0.1, 0.15) is 5.69 Å². The van der Waals surface area contributed by atoms with Crippen LogP contribution in [-0.2, 0) is 4.79 Å². The van der Waals surface area contributed by atoms with Crippen LogP contribution >= 0.6 is 0 Å². The second kappa shape index (κ2) is 6.53. The fourth-order valence-electron chi connectivity index (χ4n) is 2.42. The van der Waals surface area contributed by atoms with Gasteiger partial charge in [-0.15, -0.1) is 0 Å². The molecule has 0 aromatic heterocycles. The number of halogens is 2. The van der Waals surface area contributed by atoms with Gasteiger partial charge in [0.2, 0.25) is 5.91 Å². The summed E-state index contributed by atoms with van der Waals surface area (Å²) in [5.41, 5.74) is -0.278. The maximum absolute atomic E-state index is 13.7. The van der Waals surface area contributed by atoms with Gasteiger partial charge >= 0.3 is 0 Å². The third-order valence-corrected chi connectivity index (χ3v) is 3.50. The van der Waals surface area contributed by atoms with Crippen molar-refractivity contribution in [1.82, 2.24) is 4.90 Å². The second-order valence-electron chi connectivity index (χ2n) is 5.36. The van der Waals surface area contributed by atoms with E-state index in [9.17, 15) is 13.6 Å². The number of anilines is 1. The monoisotopic (exact) mass is 293 g/mol. The van der Waals surface area contributed by atoms with Gasteiger partial charge in [0, 0.05) is 26.1 Å². The number of benzene rings is 1. The zero-order valence-electron chi connectivity index (χ0n) is 11.8. The molecule has 6 heteroatoms. The minimum absolute atomic E-state index is 0.0498. The number of carbonyl (C=O) groups is 1. The number of likely N-dealkylation sites (tertiary alicyclic amines) is 1. The van der Waals surface area contributed by atoms with E-state index in [0.29, 0.717) is 19.5 Å². The molecule has 1 amide bonds. The van der Waals surface area contributed by atoms with Crippen LogP contribution in [0.5, 0.6) is 0 Å². The van der Waals surface area contributed by atoms with E-state index in [-0.39, 0.29) is 23.1 Å². The van der Waals surface area contributed by atoms with Crippen molar-refractivity contribution in [2.75, 3.05) is 25.0 Å². The molecule has 0 spiro atoms. The maximum Gasteiger partial charge on any atom is 0.222 e. The highest BCUT2D eigenvalue weighted by atomic mass is 19.1. The van der Waals surface area contributed by atoms with Crippen LogP contribution in [-0.4, -0.2) is 30.4 Å². The Morgan fingerprint density at radius 1 is 1.43 bits per heavy atom. The lowest BCUT2D eigenvalue weighted by molar-refractivity contribution is -0.128. The van der Waals surface area contributed by atoms with Crippen LogP contribution in [0, 0.1) is 28.9 Å². The van der Waals surface area contributed by atoms with Crippen molar-refractivity contribution >= 4 is 11.6 Å². The molecule has 1 heterocycles. The summed E-state index contributed by atoms with van der Waals surface area (Å²) in [5.74, 6) is -1.36. The Morgan fingerprint density at radius 2 is 2.10 bits per heavy atom. The van der Waals surface area contributed by atoms with Crippen LogP contribution in [0.25, 0.3) is 0 Å². The first-order valence-electron chi connectivity index (χ1n) is 6.92. The summed E-state index contributed by atoms with van der Waals surface area (Å²) in [7, 11) is 0. The topological polar surface area (TPSA) is 56.1 Å². The lowest BCUT2D eigenvalue weighted by Crippen LogP contribution is -2.32. The number of carbonyl (C=O) groups excluding carboxylic acids is 1. The fraction of sp³-hybridized carbons (Fsp3) is 0.467. The van der Waals surface area contributed by atoms with Gasteiger partial charge in [-0.1, -0.05) is 6.92 Å². The second-order valence-corrected chi connectivity index (χ2v) is 5.36. The average Bonchev–Trinajstić information content (AvgIpc) is 2.83. The summed E-state index contributed by atoms with van der Waals surface area (Å²) < 4.78 is 27.4. The number of nitrogens with zero attached hydrogens (tertiary/aromatic N) is 2. The van der Waals surface area contributed by atoms with Gasteiger partial charge in [0.25, 0.3) is 0 Å². The molecule has 0 aliphatic carbocycles. The van der Waals surface area contributed by atoms with Gasteiger partial charge in [-0.25, -0.2) is 8.78 Å². The average molecular weight is 293 g/mol. The molecule has 1 aliphatic rings. The number of hydrogen-bond donors (Lipinski definition) is 1. The van der Waals surface area contributed by atoms with E-state index in [1.165, 1.54) is 0 Å². The van der Waals surface area contributed by atoms with Crippen molar-refractivity contribution in [2.24, 2.45) is 5.92 Å². The largest absolute Gasteiger partial charge is 0.380 e. The first-order chi connectivity index (χ1) is 10.0. The molecule has 4 nitrogen and oxygen atoms in total. The highest BCUT2D eigenvalue weighted by Crippen LogP contribution is 2.21. The van der Waals surface area contributed by atoms with Gasteiger partial charge in [0.05, 0.1) is 11.6 Å². The number of nitriles is 1. The SMILES string of the molecule is C[C@@H](CNc1c(F)cc(C#N)cc1F)CN1CCCC1=O. The molecule has 1 aliphatic heterocycles. The molecule has 1 fully saturated rings. The first kappa shape index (κ1) is 15.2. The molecular formula is C15H17F2N3O. The van der Waals surface area contributed by atoms with Crippen LogP contribution in [0.2, 0.25) is 0 Å². The van der Waals surface area contributed by atoms with Crippen molar-refractivity contribution in [3.8, 4) is 6.07 Å². The summed E-state index contributed by atoms with van der Waals surface area (Å²) in [6, 6.07) is 3.70. The van der Waals surface area contributed by atoms with Gasteiger partial charge in [0.15, 0.2) is 11.6 Å². The lowest BCUT2D eigenvalue weighted by Gasteiger charge is -2.21. The van der Waals surface area contributed by atoms with Crippen LogP contribution in [0.3, 0.4) is 0 Å². The van der Waals surface area contributed by atoms with E-state index < -0.39 is 11.6 Å². The van der Waals surface area contributed by atoms with Crippen LogP contribution in [0.1, 0.15) is 25.3 Å². The van der Waals surface area contributed by atoms with Gasteiger partial charge in [-0.3, -0.25) is 4.79 Å². The normalized spacial score (nSPS) is 15.9. The Kier molecular flexibility index (Phi) is 4.73. The van der Waals surface area contributed by atoms with Crippen molar-refractivity contribution in [3.05, 3.63) is 29.3 Å². The van der Waals surface area contributed by atoms with E-state index in [2.05, 4.69) is 5.32 Å². The lowest BCUT2D eigenvalue weighted by atomic mass is 10.1. The molecule has 0 unspecified atom stereocenters. The zero-order chi connectivity index (χ0) is 15.4. The summed E-state index contributed by atoms with van der Waals surface area (Å²) in [5, 5.41) is 11.4. The predicted octanol–water partition coefficient (Wildman–Crippen LogP) is 2.51. The maximum atomic E-state index is 13.7. The molecule has 112 valence electrons. The van der Waals surface area contributed by atoms with E-state index in [0.717, 1.165) is 25.1 Å². The Morgan fingerprint density at radius 3 is 2.62 bits per heavy atom. The summed E-state index contributed by atoms with van der Waals surface area (Å²) in [4.78, 5) is 13.3. The minimum atomic E-state index is -0.781. The molecular weight excluding hydrogens is 276 g/mol. The predicted molar refractivity (Wildman–Crippen MR) is 74.5 cm³/mol. The molecule has 2 rings (SSSR count). The standard InChI is InChI=1S/C15H17F2N3O/c1-10(9-20-4-2-3-14(20)21)8-19-15-12(16)5-11(7-18)6-13(15)17/h5-6,10,19H,2-4,8-9H2,1H3/t10-/m0/s1. The summed E-state index contributed by atoms with van der Waals surface area (Å²) in [6.07, 6.45) is 1.46. The highest BCUT2D eigenvalue weighted by molar-refractivity contribution is 5.78. The molecule has 1 aromatic carbocycles. The van der Waals surface area contributed by atoms with Crippen LogP contribution < -0.4 is 5.32 Å². The van der Waals surface area contributed by atoms with Crippen LogP contribution in [0.15, 0.2) is 12.1 Å². The molecule has 0 radical (unpaired) electrons. The Labute approximate surface area is 122 Å². The van der Waals surface area contributed by atoms with Crippen molar-refractivity contribution in [2.45, 2.75) is 19.8 Å². The van der Waals surface area contributed by atoms with Gasteiger partial charge in [-0.05, 0) is 24.5 Å². The molecule has 1 aromatic rings. The zero-order valence-corrected chi connectivity index (χ0v) is 11.8. The van der Waals surface area contributed by atoms with Gasteiger partial charge < -0.3 is 10.2 Å². The third-order valence-electron chi connectivity index (χ3n) is 3.50. The highest BCUT2D eigenvalue weighted by Gasteiger charge is 2.22. The van der Waals surface area contributed by atoms with E-state index in [1.54, 1.807) is 11.0 Å². The number of hydrogen-bond acceptors (Lipinski definition) is 3. The molecule has 0 saturated carbocycles. The first-order valence-corrected chi connectivity index (χ1v) is 6.92. The molecule has 21 heavy (non-hydrogen) atoms. The van der Waals surface area contributed by atoms with E-state index in [4.69, 9.17) is 5.26 Å². The third kappa shape index (κ3) is 3.69. The fourth-order valence-corrected chi connectivity index (χ4v) is 2.42. The van der Waals surface area contributed by atoms with Crippen molar-refractivity contribution < 1.29 is 13.6 Å². The smallest absolute Gasteiger partial charge is 0.222 e. The number of amides is 1. The summed E-state index contributed by atoms with van der Waals surface area (Å²) in [6.45, 7) is 3.59. The number of nitrogens with one attached hydrogen (secondary N) is 1. The molecule has 1 atom stereocenters. The Bertz CT molecular complexity index is 560. The number of rotatable bonds is 5. The molecule has 1 saturated heterocycles. The summed E-state index contributed by atoms with van der Waals surface area (Å²) >= 11 is 0. The van der Waals surface area contributed by atoms with Gasteiger partial charge in [-0.2, -0.15) is 5.26 Å². The molecule has 1 N–H and O–H groups in total.